The first-order valence-electron chi connectivity index (χ1n) is 6.10. The number of amides is 1. The number of carbonyl (C=O) groups is 1. The maximum atomic E-state index is 11.2. The number of nitrogens with zero attached hydrogens (tertiary/aromatic N) is 2. The summed E-state index contributed by atoms with van der Waals surface area (Å²) >= 11 is 0. The number of hydrogen-bond donors (Lipinski definition) is 1. The number of aromatic nitrogens is 2. The molecule has 2 aromatic heterocycles. The van der Waals surface area contributed by atoms with Crippen LogP contribution in [0.15, 0.2) is 48.8 Å². The Morgan fingerprint density at radius 1 is 1.25 bits per heavy atom. The van der Waals surface area contributed by atoms with Crippen LogP contribution in [0.2, 0.25) is 0 Å². The fraction of sp³-hybridized carbons (Fsp3) is 0.0667. The lowest BCUT2D eigenvalue weighted by molar-refractivity contribution is 0.100. The van der Waals surface area contributed by atoms with Crippen LogP contribution in [0.3, 0.4) is 0 Å². The molecule has 1 amide bonds. The second-order valence-electron chi connectivity index (χ2n) is 4.41. The number of primary amides is 1. The van der Waals surface area contributed by atoms with Gasteiger partial charge in [0.05, 0.1) is 19.0 Å². The van der Waals surface area contributed by atoms with E-state index >= 15 is 0 Å². The second-order valence-corrected chi connectivity index (χ2v) is 4.41. The lowest BCUT2D eigenvalue weighted by Gasteiger charge is -1.99. The van der Waals surface area contributed by atoms with Crippen molar-refractivity contribution in [1.82, 2.24) is 9.38 Å². The maximum Gasteiger partial charge on any atom is 0.248 e. The van der Waals surface area contributed by atoms with Crippen molar-refractivity contribution >= 4 is 11.6 Å². The van der Waals surface area contributed by atoms with Crippen LogP contribution in [-0.4, -0.2) is 22.4 Å². The van der Waals surface area contributed by atoms with Gasteiger partial charge in [-0.3, -0.25) is 4.79 Å². The molecule has 0 aliphatic rings. The zero-order valence-electron chi connectivity index (χ0n) is 10.9. The first-order valence-corrected chi connectivity index (χ1v) is 6.10. The van der Waals surface area contributed by atoms with Gasteiger partial charge in [0, 0.05) is 17.3 Å². The molecule has 5 heteroatoms. The molecule has 0 aliphatic carbocycles. The molecule has 0 atom stereocenters. The quantitative estimate of drug-likeness (QED) is 0.790. The molecule has 3 aromatic rings. The van der Waals surface area contributed by atoms with Gasteiger partial charge in [-0.2, -0.15) is 0 Å². The summed E-state index contributed by atoms with van der Waals surface area (Å²) in [6, 6.07) is 10.8. The standard InChI is InChI=1S/C15H13N3O2/c1-20-12-5-6-14-17-13(9-18(14)8-12)10-3-2-4-11(7-10)15(16)19/h2-9H,1H3,(H2,16,19). The van der Waals surface area contributed by atoms with Gasteiger partial charge in [0.15, 0.2) is 0 Å². The van der Waals surface area contributed by atoms with Crippen molar-refractivity contribution in [2.24, 2.45) is 5.73 Å². The number of rotatable bonds is 3. The van der Waals surface area contributed by atoms with Crippen LogP contribution in [0, 0.1) is 0 Å². The number of imidazole rings is 1. The molecular formula is C15H13N3O2. The Bertz CT molecular complexity index is 793. The molecular weight excluding hydrogens is 254 g/mol. The number of methoxy groups -OCH3 is 1. The highest BCUT2D eigenvalue weighted by atomic mass is 16.5. The summed E-state index contributed by atoms with van der Waals surface area (Å²) in [6.07, 6.45) is 3.74. The van der Waals surface area contributed by atoms with E-state index in [9.17, 15) is 4.79 Å². The summed E-state index contributed by atoms with van der Waals surface area (Å²) in [6.45, 7) is 0. The number of ether oxygens (including phenoxy) is 1. The van der Waals surface area contributed by atoms with Gasteiger partial charge in [-0.25, -0.2) is 4.98 Å². The van der Waals surface area contributed by atoms with E-state index in [2.05, 4.69) is 4.98 Å². The number of hydrogen-bond acceptors (Lipinski definition) is 3. The highest BCUT2D eigenvalue weighted by Gasteiger charge is 2.07. The molecule has 5 nitrogen and oxygen atoms in total. The Labute approximate surface area is 115 Å². The van der Waals surface area contributed by atoms with Crippen molar-refractivity contribution in [2.45, 2.75) is 0 Å². The highest BCUT2D eigenvalue weighted by Crippen LogP contribution is 2.22. The lowest BCUT2D eigenvalue weighted by atomic mass is 10.1. The molecule has 2 N–H and O–H groups in total. The number of nitrogens with two attached hydrogens (primary N) is 1. The van der Waals surface area contributed by atoms with Gasteiger partial charge in [0.1, 0.15) is 11.4 Å². The Morgan fingerprint density at radius 3 is 2.85 bits per heavy atom. The molecule has 3 rings (SSSR count). The minimum Gasteiger partial charge on any atom is -0.495 e. The molecule has 0 unspecified atom stereocenters. The molecule has 0 radical (unpaired) electrons. The summed E-state index contributed by atoms with van der Waals surface area (Å²) in [5.74, 6) is 0.310. The predicted molar refractivity (Wildman–Crippen MR) is 75.7 cm³/mol. The minimum atomic E-state index is -0.447. The van der Waals surface area contributed by atoms with E-state index in [0.717, 1.165) is 22.7 Å². The lowest BCUT2D eigenvalue weighted by Crippen LogP contribution is -2.10. The third-order valence-corrected chi connectivity index (χ3v) is 3.10. The van der Waals surface area contributed by atoms with Crippen LogP contribution in [0.5, 0.6) is 5.75 Å². The minimum absolute atomic E-state index is 0.447. The highest BCUT2D eigenvalue weighted by molar-refractivity contribution is 5.94. The van der Waals surface area contributed by atoms with Crippen molar-refractivity contribution < 1.29 is 9.53 Å². The third-order valence-electron chi connectivity index (χ3n) is 3.10. The zero-order valence-corrected chi connectivity index (χ0v) is 10.9. The first kappa shape index (κ1) is 12.2. The summed E-state index contributed by atoms with van der Waals surface area (Å²) in [4.78, 5) is 15.7. The monoisotopic (exact) mass is 267 g/mol. The van der Waals surface area contributed by atoms with Gasteiger partial charge in [-0.05, 0) is 24.3 Å². The normalized spacial score (nSPS) is 10.7. The average molecular weight is 267 g/mol. The van der Waals surface area contributed by atoms with Crippen molar-refractivity contribution in [3.8, 4) is 17.0 Å². The Morgan fingerprint density at radius 2 is 2.10 bits per heavy atom. The van der Waals surface area contributed by atoms with Crippen molar-refractivity contribution in [2.75, 3.05) is 7.11 Å². The van der Waals surface area contributed by atoms with E-state index in [1.54, 1.807) is 25.3 Å². The molecule has 0 saturated carbocycles. The smallest absolute Gasteiger partial charge is 0.248 e. The molecule has 2 heterocycles. The summed E-state index contributed by atoms with van der Waals surface area (Å²) in [7, 11) is 1.62. The van der Waals surface area contributed by atoms with Gasteiger partial charge < -0.3 is 14.9 Å². The van der Waals surface area contributed by atoms with Crippen LogP contribution < -0.4 is 10.5 Å². The molecule has 0 fully saturated rings. The van der Waals surface area contributed by atoms with Crippen LogP contribution >= 0.6 is 0 Å². The van der Waals surface area contributed by atoms with Crippen LogP contribution in [0.4, 0.5) is 0 Å². The van der Waals surface area contributed by atoms with Gasteiger partial charge in [0.25, 0.3) is 0 Å². The van der Waals surface area contributed by atoms with Crippen LogP contribution in [-0.2, 0) is 0 Å². The van der Waals surface area contributed by atoms with E-state index < -0.39 is 5.91 Å². The molecule has 100 valence electrons. The molecule has 1 aromatic carbocycles. The van der Waals surface area contributed by atoms with Crippen molar-refractivity contribution in [1.29, 1.82) is 0 Å². The summed E-state index contributed by atoms with van der Waals surface area (Å²) < 4.78 is 7.06. The molecule has 0 bridgehead atoms. The fourth-order valence-corrected chi connectivity index (χ4v) is 2.06. The van der Waals surface area contributed by atoms with Gasteiger partial charge >= 0.3 is 0 Å². The third kappa shape index (κ3) is 2.09. The van der Waals surface area contributed by atoms with E-state index in [1.807, 2.05) is 35.0 Å². The maximum absolute atomic E-state index is 11.2. The zero-order chi connectivity index (χ0) is 14.1. The van der Waals surface area contributed by atoms with Crippen LogP contribution in [0.25, 0.3) is 16.9 Å². The van der Waals surface area contributed by atoms with Gasteiger partial charge in [-0.1, -0.05) is 12.1 Å². The van der Waals surface area contributed by atoms with Crippen molar-refractivity contribution in [3.05, 3.63) is 54.4 Å². The summed E-state index contributed by atoms with van der Waals surface area (Å²) in [5.41, 5.74) is 8.20. The molecule has 0 spiro atoms. The van der Waals surface area contributed by atoms with E-state index in [-0.39, 0.29) is 0 Å². The number of fused-ring (bicyclic) bond motifs is 1. The predicted octanol–water partition coefficient (Wildman–Crippen LogP) is 2.11. The topological polar surface area (TPSA) is 69.6 Å². The summed E-state index contributed by atoms with van der Waals surface area (Å²) in [5, 5.41) is 0. The van der Waals surface area contributed by atoms with Gasteiger partial charge in [-0.15, -0.1) is 0 Å². The molecule has 20 heavy (non-hydrogen) atoms. The van der Waals surface area contributed by atoms with E-state index in [1.165, 1.54) is 0 Å². The van der Waals surface area contributed by atoms with E-state index in [4.69, 9.17) is 10.5 Å². The first-order chi connectivity index (χ1) is 9.67. The van der Waals surface area contributed by atoms with E-state index in [0.29, 0.717) is 5.56 Å². The van der Waals surface area contributed by atoms with Crippen molar-refractivity contribution in [3.63, 3.8) is 0 Å². The number of carbonyl (C=O) groups excluding carboxylic acids is 1. The Hall–Kier alpha value is -2.82. The SMILES string of the molecule is COc1ccc2nc(-c3cccc(C(N)=O)c3)cn2c1. The molecule has 0 aliphatic heterocycles. The Kier molecular flexibility index (Phi) is 2.87. The largest absolute Gasteiger partial charge is 0.495 e. The number of pyridine rings is 1. The van der Waals surface area contributed by atoms with Crippen LogP contribution in [0.1, 0.15) is 10.4 Å². The Balaban J connectivity index is 2.10. The number of benzene rings is 1. The molecule has 0 saturated heterocycles. The fourth-order valence-electron chi connectivity index (χ4n) is 2.06. The van der Waals surface area contributed by atoms with Gasteiger partial charge in [0.2, 0.25) is 5.91 Å². The average Bonchev–Trinajstić information content (AvgIpc) is 2.90. The second kappa shape index (κ2) is 4.70.